The Morgan fingerprint density at radius 3 is 2.41 bits per heavy atom. The van der Waals surface area contributed by atoms with E-state index in [0.717, 1.165) is 18.5 Å². The standard InChI is InChI=1S/C23H28N2O4/c1-28-22-16-17(10-11-21(22)29-18-6-2-3-7-18)23(27)25-14-12-24(13-15-25)19-8-4-5-9-20(19)26/h4-5,8-11,16,18,26H,2-3,6-7,12-15H2,1H3. The third-order valence-electron chi connectivity index (χ3n) is 5.80. The summed E-state index contributed by atoms with van der Waals surface area (Å²) in [5, 5.41) is 10.1. The number of amides is 1. The summed E-state index contributed by atoms with van der Waals surface area (Å²) in [6.45, 7) is 2.58. The van der Waals surface area contributed by atoms with Crippen molar-refractivity contribution < 1.29 is 19.4 Å². The highest BCUT2D eigenvalue weighted by atomic mass is 16.5. The highest BCUT2D eigenvalue weighted by Crippen LogP contribution is 2.33. The lowest BCUT2D eigenvalue weighted by Gasteiger charge is -2.36. The van der Waals surface area contributed by atoms with Gasteiger partial charge in [0.15, 0.2) is 11.5 Å². The van der Waals surface area contributed by atoms with E-state index in [-0.39, 0.29) is 17.8 Å². The number of nitrogens with zero attached hydrogens (tertiary/aromatic N) is 2. The second-order valence-electron chi connectivity index (χ2n) is 7.66. The van der Waals surface area contributed by atoms with Crippen molar-refractivity contribution >= 4 is 11.6 Å². The molecule has 2 aliphatic rings. The average Bonchev–Trinajstić information content (AvgIpc) is 3.27. The molecule has 0 radical (unpaired) electrons. The summed E-state index contributed by atoms with van der Waals surface area (Å²) in [6, 6.07) is 12.8. The minimum absolute atomic E-state index is 0.00681. The first kappa shape index (κ1) is 19.4. The molecule has 1 amide bonds. The summed E-state index contributed by atoms with van der Waals surface area (Å²) in [7, 11) is 1.61. The van der Waals surface area contributed by atoms with Crippen molar-refractivity contribution in [2.45, 2.75) is 31.8 Å². The summed E-state index contributed by atoms with van der Waals surface area (Å²) < 4.78 is 11.6. The Morgan fingerprint density at radius 1 is 1.00 bits per heavy atom. The number of hydrogen-bond donors (Lipinski definition) is 1. The highest BCUT2D eigenvalue weighted by Gasteiger charge is 2.25. The Morgan fingerprint density at radius 2 is 1.72 bits per heavy atom. The van der Waals surface area contributed by atoms with Crippen LogP contribution in [0.1, 0.15) is 36.0 Å². The number of hydrogen-bond acceptors (Lipinski definition) is 5. The van der Waals surface area contributed by atoms with E-state index in [1.54, 1.807) is 19.2 Å². The molecule has 6 nitrogen and oxygen atoms in total. The molecule has 4 rings (SSSR count). The predicted octanol–water partition coefficient (Wildman–Crippen LogP) is 3.68. The first-order valence-electron chi connectivity index (χ1n) is 10.3. The van der Waals surface area contributed by atoms with Crippen LogP contribution >= 0.6 is 0 Å². The fourth-order valence-corrected chi connectivity index (χ4v) is 4.15. The Bertz CT molecular complexity index is 856. The van der Waals surface area contributed by atoms with Gasteiger partial charge in [0.2, 0.25) is 0 Å². The van der Waals surface area contributed by atoms with Crippen molar-refractivity contribution in [3.8, 4) is 17.2 Å². The molecule has 0 atom stereocenters. The summed E-state index contributed by atoms with van der Waals surface area (Å²) in [6.07, 6.45) is 4.80. The van der Waals surface area contributed by atoms with Gasteiger partial charge >= 0.3 is 0 Å². The molecular formula is C23H28N2O4. The lowest BCUT2D eigenvalue weighted by Crippen LogP contribution is -2.48. The Hall–Kier alpha value is -2.89. The van der Waals surface area contributed by atoms with Crippen LogP contribution in [0, 0.1) is 0 Å². The summed E-state index contributed by atoms with van der Waals surface area (Å²) in [5.41, 5.74) is 1.42. The molecule has 154 valence electrons. The molecule has 0 aromatic heterocycles. The molecule has 1 heterocycles. The average molecular weight is 396 g/mol. The zero-order valence-electron chi connectivity index (χ0n) is 16.8. The second kappa shape index (κ2) is 8.64. The predicted molar refractivity (Wildman–Crippen MR) is 112 cm³/mol. The molecular weight excluding hydrogens is 368 g/mol. The van der Waals surface area contributed by atoms with E-state index in [1.807, 2.05) is 35.2 Å². The van der Waals surface area contributed by atoms with Crippen LogP contribution in [0.2, 0.25) is 0 Å². The van der Waals surface area contributed by atoms with E-state index in [0.29, 0.717) is 43.2 Å². The highest BCUT2D eigenvalue weighted by molar-refractivity contribution is 5.95. The van der Waals surface area contributed by atoms with Crippen molar-refractivity contribution in [2.75, 3.05) is 38.2 Å². The monoisotopic (exact) mass is 396 g/mol. The van der Waals surface area contributed by atoms with Crippen LogP contribution in [0.3, 0.4) is 0 Å². The first-order valence-corrected chi connectivity index (χ1v) is 10.3. The quantitative estimate of drug-likeness (QED) is 0.835. The maximum atomic E-state index is 13.0. The number of aromatic hydroxyl groups is 1. The van der Waals surface area contributed by atoms with Gasteiger partial charge in [-0.3, -0.25) is 4.79 Å². The first-order chi connectivity index (χ1) is 14.2. The Kier molecular flexibility index (Phi) is 5.79. The zero-order valence-corrected chi connectivity index (χ0v) is 16.8. The maximum Gasteiger partial charge on any atom is 0.254 e. The minimum atomic E-state index is -0.00681. The number of para-hydroxylation sites is 2. The molecule has 29 heavy (non-hydrogen) atoms. The minimum Gasteiger partial charge on any atom is -0.506 e. The molecule has 1 N–H and O–H groups in total. The lowest BCUT2D eigenvalue weighted by molar-refractivity contribution is 0.0746. The number of ether oxygens (including phenoxy) is 2. The van der Waals surface area contributed by atoms with E-state index < -0.39 is 0 Å². The maximum absolute atomic E-state index is 13.0. The zero-order chi connectivity index (χ0) is 20.2. The Balaban J connectivity index is 1.41. The number of rotatable bonds is 5. The lowest BCUT2D eigenvalue weighted by atomic mass is 10.1. The van der Waals surface area contributed by atoms with Gasteiger partial charge in [-0.2, -0.15) is 0 Å². The molecule has 1 aliphatic carbocycles. The van der Waals surface area contributed by atoms with Gasteiger partial charge < -0.3 is 24.4 Å². The van der Waals surface area contributed by atoms with Crippen molar-refractivity contribution in [2.24, 2.45) is 0 Å². The molecule has 1 saturated carbocycles. The summed E-state index contributed by atoms with van der Waals surface area (Å²) in [5.74, 6) is 1.58. The van der Waals surface area contributed by atoms with E-state index in [1.165, 1.54) is 12.8 Å². The fraction of sp³-hybridized carbons (Fsp3) is 0.435. The third-order valence-corrected chi connectivity index (χ3v) is 5.80. The van der Waals surface area contributed by atoms with Crippen LogP contribution in [0.5, 0.6) is 17.2 Å². The number of phenols is 1. The van der Waals surface area contributed by atoms with Crippen LogP contribution in [0.15, 0.2) is 42.5 Å². The van der Waals surface area contributed by atoms with Crippen molar-refractivity contribution in [3.63, 3.8) is 0 Å². The van der Waals surface area contributed by atoms with Gasteiger partial charge in [0.1, 0.15) is 5.75 Å². The largest absolute Gasteiger partial charge is 0.506 e. The number of carbonyl (C=O) groups excluding carboxylic acids is 1. The molecule has 0 spiro atoms. The van der Waals surface area contributed by atoms with Gasteiger partial charge in [0, 0.05) is 31.7 Å². The number of piperazine rings is 1. The van der Waals surface area contributed by atoms with Crippen LogP contribution in [-0.4, -0.2) is 55.3 Å². The number of methoxy groups -OCH3 is 1. The molecule has 1 saturated heterocycles. The SMILES string of the molecule is COc1cc(C(=O)N2CCN(c3ccccc3O)CC2)ccc1OC1CCCC1. The molecule has 0 bridgehead atoms. The molecule has 2 aromatic rings. The van der Waals surface area contributed by atoms with Gasteiger partial charge in [-0.05, 0) is 56.0 Å². The van der Waals surface area contributed by atoms with E-state index in [9.17, 15) is 9.90 Å². The van der Waals surface area contributed by atoms with Crippen molar-refractivity contribution in [1.82, 2.24) is 4.90 Å². The summed E-state index contributed by atoms with van der Waals surface area (Å²) in [4.78, 5) is 17.0. The van der Waals surface area contributed by atoms with Crippen LogP contribution in [-0.2, 0) is 0 Å². The smallest absolute Gasteiger partial charge is 0.254 e. The van der Waals surface area contributed by atoms with E-state index >= 15 is 0 Å². The summed E-state index contributed by atoms with van der Waals surface area (Å²) >= 11 is 0. The molecule has 2 aromatic carbocycles. The van der Waals surface area contributed by atoms with Crippen LogP contribution < -0.4 is 14.4 Å². The number of phenolic OH excluding ortho intramolecular Hbond substituents is 1. The molecule has 0 unspecified atom stereocenters. The van der Waals surface area contributed by atoms with Crippen LogP contribution in [0.4, 0.5) is 5.69 Å². The van der Waals surface area contributed by atoms with Crippen molar-refractivity contribution in [1.29, 1.82) is 0 Å². The van der Waals surface area contributed by atoms with Gasteiger partial charge in [-0.15, -0.1) is 0 Å². The number of benzene rings is 2. The number of carbonyl (C=O) groups is 1. The normalized spacial score (nSPS) is 17.4. The van der Waals surface area contributed by atoms with Gasteiger partial charge in [0.25, 0.3) is 5.91 Å². The fourth-order valence-electron chi connectivity index (χ4n) is 4.15. The van der Waals surface area contributed by atoms with Gasteiger partial charge in [-0.25, -0.2) is 0 Å². The van der Waals surface area contributed by atoms with Crippen LogP contribution in [0.25, 0.3) is 0 Å². The van der Waals surface area contributed by atoms with E-state index in [2.05, 4.69) is 4.90 Å². The van der Waals surface area contributed by atoms with E-state index in [4.69, 9.17) is 9.47 Å². The molecule has 2 fully saturated rings. The topological polar surface area (TPSA) is 62.2 Å². The number of anilines is 1. The second-order valence-corrected chi connectivity index (χ2v) is 7.66. The van der Waals surface area contributed by atoms with Gasteiger partial charge in [0.05, 0.1) is 18.9 Å². The molecule has 1 aliphatic heterocycles. The van der Waals surface area contributed by atoms with Gasteiger partial charge in [-0.1, -0.05) is 12.1 Å². The van der Waals surface area contributed by atoms with Crippen molar-refractivity contribution in [3.05, 3.63) is 48.0 Å². The third kappa shape index (κ3) is 4.26. The Labute approximate surface area is 171 Å². The molecule has 6 heteroatoms.